The quantitative estimate of drug-likeness (QED) is 0.762. The largest absolute Gasteiger partial charge is 0.508 e. The Hall–Kier alpha value is -0.550. The summed E-state index contributed by atoms with van der Waals surface area (Å²) in [5.41, 5.74) is 0.723. The van der Waals surface area contributed by atoms with Crippen LogP contribution in [0, 0.1) is 5.82 Å². The van der Waals surface area contributed by atoms with E-state index in [1.165, 1.54) is 18.9 Å². The number of nitrogens with zero attached hydrogens (tertiary/aromatic N) is 1. The zero-order valence-electron chi connectivity index (χ0n) is 13.1. The summed E-state index contributed by atoms with van der Waals surface area (Å²) in [4.78, 5) is 2.36. The van der Waals surface area contributed by atoms with Crippen LogP contribution in [0.2, 0.25) is 0 Å². The molecule has 3 nitrogen and oxygen atoms in total. The molecule has 0 aliphatic carbocycles. The number of hydrogen-bond donors (Lipinski definition) is 2. The molecule has 1 saturated heterocycles. The fraction of sp³-hybridized carbons (Fsp3) is 0.625. The smallest absolute Gasteiger partial charge is 0.131 e. The van der Waals surface area contributed by atoms with Crippen molar-refractivity contribution in [2.24, 2.45) is 0 Å². The van der Waals surface area contributed by atoms with E-state index in [0.717, 1.165) is 44.6 Å². The van der Waals surface area contributed by atoms with Crippen molar-refractivity contribution in [2.45, 2.75) is 38.6 Å². The molecule has 1 heterocycles. The number of unbranched alkanes of at least 4 members (excludes halogenated alkanes) is 2. The molecule has 0 amide bonds. The number of aromatic hydroxyl groups is 1. The molecule has 1 fully saturated rings. The lowest BCUT2D eigenvalue weighted by Crippen LogP contribution is -2.45. The zero-order chi connectivity index (χ0) is 14.4. The molecule has 1 aliphatic rings. The summed E-state index contributed by atoms with van der Waals surface area (Å²) < 4.78 is 14.2. The van der Waals surface area contributed by atoms with E-state index in [2.05, 4.69) is 17.1 Å². The number of nitrogens with one attached hydrogen (secondary N) is 1. The Morgan fingerprint density at radius 1 is 1.23 bits per heavy atom. The van der Waals surface area contributed by atoms with Crippen LogP contribution < -0.4 is 5.32 Å². The molecule has 0 spiro atoms. The number of hydrogen-bond acceptors (Lipinski definition) is 3. The standard InChI is InChI=1S/C16H25FN2O.2ClH/c1-2-3-4-5-16(19-10-8-18-9-11-19)14-7-6-13(20)12-15(14)17;;/h6-7,12,16,18,20H,2-5,8-11H2,1H3;2*1H/t16-;;/m0../s1. The van der Waals surface area contributed by atoms with Gasteiger partial charge in [0.2, 0.25) is 0 Å². The molecule has 2 rings (SSSR count). The molecule has 128 valence electrons. The fourth-order valence-corrected chi connectivity index (χ4v) is 2.90. The lowest BCUT2D eigenvalue weighted by Gasteiger charge is -2.35. The molecule has 0 bridgehead atoms. The molecule has 0 saturated carbocycles. The molecule has 0 radical (unpaired) electrons. The van der Waals surface area contributed by atoms with Gasteiger partial charge in [-0.3, -0.25) is 4.90 Å². The highest BCUT2D eigenvalue weighted by molar-refractivity contribution is 5.85. The Bertz CT molecular complexity index is 429. The Labute approximate surface area is 145 Å². The maximum Gasteiger partial charge on any atom is 0.131 e. The molecule has 22 heavy (non-hydrogen) atoms. The molecule has 1 aromatic rings. The number of benzene rings is 1. The van der Waals surface area contributed by atoms with Crippen LogP contribution in [0.15, 0.2) is 18.2 Å². The summed E-state index contributed by atoms with van der Waals surface area (Å²) in [6.07, 6.45) is 4.45. The minimum atomic E-state index is -0.287. The van der Waals surface area contributed by atoms with Crippen LogP contribution in [0.3, 0.4) is 0 Å². The summed E-state index contributed by atoms with van der Waals surface area (Å²) in [6.45, 7) is 6.02. The lowest BCUT2D eigenvalue weighted by molar-refractivity contribution is 0.159. The van der Waals surface area contributed by atoms with Crippen molar-refractivity contribution in [3.63, 3.8) is 0 Å². The van der Waals surface area contributed by atoms with Crippen LogP contribution in [-0.4, -0.2) is 36.2 Å². The maximum absolute atomic E-state index is 14.2. The van der Waals surface area contributed by atoms with Gasteiger partial charge in [-0.15, -0.1) is 24.8 Å². The topological polar surface area (TPSA) is 35.5 Å². The molecule has 2 N–H and O–H groups in total. The van der Waals surface area contributed by atoms with E-state index in [-0.39, 0.29) is 42.4 Å². The molecule has 6 heteroatoms. The predicted octanol–water partition coefficient (Wildman–Crippen LogP) is 3.90. The zero-order valence-corrected chi connectivity index (χ0v) is 14.7. The first kappa shape index (κ1) is 21.4. The lowest BCUT2D eigenvalue weighted by atomic mass is 9.97. The van der Waals surface area contributed by atoms with E-state index in [1.54, 1.807) is 12.1 Å². The van der Waals surface area contributed by atoms with Gasteiger partial charge in [0, 0.05) is 43.9 Å². The first-order valence-corrected chi connectivity index (χ1v) is 7.65. The summed E-state index contributed by atoms with van der Waals surface area (Å²) >= 11 is 0. The van der Waals surface area contributed by atoms with Crippen LogP contribution in [-0.2, 0) is 0 Å². The minimum Gasteiger partial charge on any atom is -0.508 e. The molecule has 1 aliphatic heterocycles. The second-order valence-corrected chi connectivity index (χ2v) is 5.50. The van der Waals surface area contributed by atoms with E-state index in [1.807, 2.05) is 0 Å². The Morgan fingerprint density at radius 3 is 2.50 bits per heavy atom. The predicted molar refractivity (Wildman–Crippen MR) is 93.9 cm³/mol. The third-order valence-corrected chi connectivity index (χ3v) is 4.02. The van der Waals surface area contributed by atoms with Gasteiger partial charge in [0.1, 0.15) is 11.6 Å². The monoisotopic (exact) mass is 352 g/mol. The SMILES string of the molecule is CCCCC[C@@H](c1ccc(O)cc1F)N1CCNCC1.Cl.Cl. The van der Waals surface area contributed by atoms with E-state index in [0.29, 0.717) is 0 Å². The van der Waals surface area contributed by atoms with E-state index < -0.39 is 0 Å². The van der Waals surface area contributed by atoms with Crippen molar-refractivity contribution < 1.29 is 9.50 Å². The van der Waals surface area contributed by atoms with Gasteiger partial charge in [-0.1, -0.05) is 32.3 Å². The van der Waals surface area contributed by atoms with Crippen LogP contribution in [0.25, 0.3) is 0 Å². The van der Waals surface area contributed by atoms with Crippen molar-refractivity contribution in [1.29, 1.82) is 0 Å². The average Bonchev–Trinajstić information content (AvgIpc) is 2.46. The number of rotatable bonds is 6. The van der Waals surface area contributed by atoms with Gasteiger partial charge in [0.15, 0.2) is 0 Å². The Morgan fingerprint density at radius 2 is 1.91 bits per heavy atom. The molecular weight excluding hydrogens is 326 g/mol. The first-order chi connectivity index (χ1) is 9.72. The van der Waals surface area contributed by atoms with Crippen molar-refractivity contribution in [3.8, 4) is 5.75 Å². The highest BCUT2D eigenvalue weighted by Gasteiger charge is 2.24. The molecular formula is C16H27Cl2FN2O. The fourth-order valence-electron chi connectivity index (χ4n) is 2.90. The van der Waals surface area contributed by atoms with Gasteiger partial charge in [-0.25, -0.2) is 4.39 Å². The van der Waals surface area contributed by atoms with Crippen LogP contribution >= 0.6 is 24.8 Å². The Balaban J connectivity index is 0.00000220. The third-order valence-electron chi connectivity index (χ3n) is 4.02. The van der Waals surface area contributed by atoms with E-state index in [4.69, 9.17) is 0 Å². The first-order valence-electron chi connectivity index (χ1n) is 7.65. The van der Waals surface area contributed by atoms with E-state index >= 15 is 0 Å². The highest BCUT2D eigenvalue weighted by atomic mass is 35.5. The van der Waals surface area contributed by atoms with E-state index in [9.17, 15) is 9.50 Å². The summed E-state index contributed by atoms with van der Waals surface area (Å²) in [6, 6.07) is 4.69. The normalized spacial score (nSPS) is 16.5. The van der Waals surface area contributed by atoms with Crippen molar-refractivity contribution >= 4 is 24.8 Å². The number of phenolic OH excluding ortho intramolecular Hbond substituents is 1. The average molecular weight is 353 g/mol. The van der Waals surface area contributed by atoms with Crippen molar-refractivity contribution in [2.75, 3.05) is 26.2 Å². The van der Waals surface area contributed by atoms with Crippen LogP contribution in [0.4, 0.5) is 4.39 Å². The van der Waals surface area contributed by atoms with Crippen molar-refractivity contribution in [3.05, 3.63) is 29.6 Å². The van der Waals surface area contributed by atoms with Gasteiger partial charge in [-0.2, -0.15) is 0 Å². The number of halogens is 3. The summed E-state index contributed by atoms with van der Waals surface area (Å²) in [7, 11) is 0. The maximum atomic E-state index is 14.2. The van der Waals surface area contributed by atoms with Crippen LogP contribution in [0.5, 0.6) is 5.75 Å². The second kappa shape index (κ2) is 11.1. The third kappa shape index (κ3) is 5.92. The highest BCUT2D eigenvalue weighted by Crippen LogP contribution is 2.30. The van der Waals surface area contributed by atoms with Crippen LogP contribution in [0.1, 0.15) is 44.2 Å². The summed E-state index contributed by atoms with van der Waals surface area (Å²) in [5.74, 6) is -0.288. The molecule has 0 aromatic heterocycles. The van der Waals surface area contributed by atoms with Gasteiger partial charge in [0.25, 0.3) is 0 Å². The number of phenols is 1. The second-order valence-electron chi connectivity index (χ2n) is 5.50. The molecule has 1 aromatic carbocycles. The van der Waals surface area contributed by atoms with Gasteiger partial charge >= 0.3 is 0 Å². The number of piperazine rings is 1. The summed E-state index contributed by atoms with van der Waals surface area (Å²) in [5, 5.41) is 12.7. The van der Waals surface area contributed by atoms with Gasteiger partial charge in [0.05, 0.1) is 0 Å². The molecule has 0 unspecified atom stereocenters. The molecule has 1 atom stereocenters. The van der Waals surface area contributed by atoms with Crippen molar-refractivity contribution in [1.82, 2.24) is 10.2 Å². The minimum absolute atomic E-state index is 0. The van der Waals surface area contributed by atoms with Gasteiger partial charge in [-0.05, 0) is 12.5 Å². The Kier molecular flexibility index (Phi) is 10.8. The van der Waals surface area contributed by atoms with Gasteiger partial charge < -0.3 is 10.4 Å².